The second-order valence-corrected chi connectivity index (χ2v) is 3.75. The van der Waals surface area contributed by atoms with Crippen LogP contribution in [0.1, 0.15) is 10.4 Å². The molecule has 0 aromatic heterocycles. The van der Waals surface area contributed by atoms with E-state index in [0.717, 1.165) is 11.4 Å². The number of carbonyl (C=O) groups excluding carboxylic acids is 1. The standard InChI is InChI=1S/C14H15N3O/c15-10-16-13-9-5-4-8-12(13)14(18)17-11-6-2-1-3-7-11/h1-9,16H,10,15H2,(H,17,18). The van der Waals surface area contributed by atoms with Crippen LogP contribution < -0.4 is 16.4 Å². The fourth-order valence-corrected chi connectivity index (χ4v) is 1.67. The summed E-state index contributed by atoms with van der Waals surface area (Å²) in [7, 11) is 0. The van der Waals surface area contributed by atoms with Gasteiger partial charge in [0, 0.05) is 11.4 Å². The van der Waals surface area contributed by atoms with Crippen LogP contribution in [0.2, 0.25) is 0 Å². The van der Waals surface area contributed by atoms with E-state index in [1.165, 1.54) is 0 Å². The van der Waals surface area contributed by atoms with Crippen molar-refractivity contribution in [2.24, 2.45) is 5.73 Å². The van der Waals surface area contributed by atoms with Crippen molar-refractivity contribution in [2.75, 3.05) is 17.3 Å². The molecule has 4 heteroatoms. The number of para-hydroxylation sites is 2. The van der Waals surface area contributed by atoms with Gasteiger partial charge in [0.2, 0.25) is 0 Å². The molecule has 0 radical (unpaired) electrons. The lowest BCUT2D eigenvalue weighted by molar-refractivity contribution is 0.102. The number of amides is 1. The van der Waals surface area contributed by atoms with Gasteiger partial charge in [-0.05, 0) is 24.3 Å². The number of nitrogens with one attached hydrogen (secondary N) is 2. The molecule has 0 saturated heterocycles. The molecule has 0 aliphatic carbocycles. The van der Waals surface area contributed by atoms with E-state index in [4.69, 9.17) is 5.73 Å². The van der Waals surface area contributed by atoms with Gasteiger partial charge >= 0.3 is 0 Å². The highest BCUT2D eigenvalue weighted by Gasteiger charge is 2.10. The fraction of sp³-hybridized carbons (Fsp3) is 0.0714. The zero-order chi connectivity index (χ0) is 12.8. The van der Waals surface area contributed by atoms with Crippen molar-refractivity contribution in [1.82, 2.24) is 0 Å². The third-order valence-corrected chi connectivity index (χ3v) is 2.50. The van der Waals surface area contributed by atoms with Crippen LogP contribution in [0.25, 0.3) is 0 Å². The minimum absolute atomic E-state index is 0.155. The van der Waals surface area contributed by atoms with Crippen molar-refractivity contribution in [3.8, 4) is 0 Å². The lowest BCUT2D eigenvalue weighted by Gasteiger charge is -2.10. The number of carbonyl (C=O) groups is 1. The van der Waals surface area contributed by atoms with E-state index in [1.54, 1.807) is 6.07 Å². The van der Waals surface area contributed by atoms with Gasteiger partial charge in [0.25, 0.3) is 5.91 Å². The molecule has 0 bridgehead atoms. The molecule has 0 atom stereocenters. The maximum atomic E-state index is 12.1. The zero-order valence-corrected chi connectivity index (χ0v) is 9.89. The van der Waals surface area contributed by atoms with E-state index >= 15 is 0 Å². The predicted molar refractivity (Wildman–Crippen MR) is 73.5 cm³/mol. The number of hydrogen-bond acceptors (Lipinski definition) is 3. The van der Waals surface area contributed by atoms with Crippen molar-refractivity contribution in [3.63, 3.8) is 0 Å². The number of anilines is 2. The quantitative estimate of drug-likeness (QED) is 0.719. The third kappa shape index (κ3) is 2.87. The molecule has 0 saturated carbocycles. The molecule has 0 aliphatic heterocycles. The first-order valence-corrected chi connectivity index (χ1v) is 5.70. The number of hydrogen-bond donors (Lipinski definition) is 3. The molecular weight excluding hydrogens is 226 g/mol. The molecule has 0 unspecified atom stereocenters. The molecule has 0 aliphatic rings. The number of nitrogens with two attached hydrogens (primary N) is 1. The van der Waals surface area contributed by atoms with Gasteiger partial charge in [-0.2, -0.15) is 0 Å². The highest BCUT2D eigenvalue weighted by Crippen LogP contribution is 2.16. The molecular formula is C14H15N3O. The average Bonchev–Trinajstić information content (AvgIpc) is 2.41. The average molecular weight is 241 g/mol. The predicted octanol–water partition coefficient (Wildman–Crippen LogP) is 2.27. The van der Waals surface area contributed by atoms with Gasteiger partial charge < -0.3 is 16.4 Å². The minimum Gasteiger partial charge on any atom is -0.372 e. The second kappa shape index (κ2) is 5.84. The number of benzene rings is 2. The van der Waals surface area contributed by atoms with Crippen molar-refractivity contribution < 1.29 is 4.79 Å². The Labute approximate surface area is 106 Å². The zero-order valence-electron chi connectivity index (χ0n) is 9.89. The second-order valence-electron chi connectivity index (χ2n) is 3.75. The van der Waals surface area contributed by atoms with E-state index in [0.29, 0.717) is 5.56 Å². The van der Waals surface area contributed by atoms with E-state index < -0.39 is 0 Å². The van der Waals surface area contributed by atoms with Gasteiger partial charge in [0.05, 0.1) is 12.2 Å². The van der Waals surface area contributed by atoms with Gasteiger partial charge in [0.1, 0.15) is 0 Å². The van der Waals surface area contributed by atoms with Crippen LogP contribution in [0, 0.1) is 0 Å². The van der Waals surface area contributed by atoms with Crippen molar-refractivity contribution in [3.05, 3.63) is 60.2 Å². The summed E-state index contributed by atoms with van der Waals surface area (Å²) in [5, 5.41) is 5.80. The lowest BCUT2D eigenvalue weighted by atomic mass is 10.1. The Balaban J connectivity index is 2.19. The maximum absolute atomic E-state index is 12.1. The van der Waals surface area contributed by atoms with E-state index in [-0.39, 0.29) is 12.6 Å². The SMILES string of the molecule is NCNc1ccccc1C(=O)Nc1ccccc1. The van der Waals surface area contributed by atoms with Gasteiger partial charge in [-0.25, -0.2) is 0 Å². The van der Waals surface area contributed by atoms with Crippen LogP contribution in [-0.4, -0.2) is 12.6 Å². The molecule has 0 fully saturated rings. The molecule has 2 aromatic carbocycles. The van der Waals surface area contributed by atoms with Crippen LogP contribution in [-0.2, 0) is 0 Å². The molecule has 0 heterocycles. The number of rotatable bonds is 4. The summed E-state index contributed by atoms with van der Waals surface area (Å²) in [6, 6.07) is 16.6. The van der Waals surface area contributed by atoms with E-state index in [1.807, 2.05) is 48.5 Å². The summed E-state index contributed by atoms with van der Waals surface area (Å²) in [6.07, 6.45) is 0. The molecule has 18 heavy (non-hydrogen) atoms. The molecule has 2 rings (SSSR count). The topological polar surface area (TPSA) is 67.1 Å². The van der Waals surface area contributed by atoms with E-state index in [9.17, 15) is 4.79 Å². The Morgan fingerprint density at radius 3 is 2.39 bits per heavy atom. The largest absolute Gasteiger partial charge is 0.372 e. The van der Waals surface area contributed by atoms with Crippen molar-refractivity contribution in [2.45, 2.75) is 0 Å². The monoisotopic (exact) mass is 241 g/mol. The summed E-state index contributed by atoms with van der Waals surface area (Å²) in [5.74, 6) is -0.155. The summed E-state index contributed by atoms with van der Waals surface area (Å²) in [6.45, 7) is 0.287. The summed E-state index contributed by atoms with van der Waals surface area (Å²) in [4.78, 5) is 12.1. The highest BCUT2D eigenvalue weighted by molar-refractivity contribution is 6.08. The van der Waals surface area contributed by atoms with Crippen LogP contribution in [0.5, 0.6) is 0 Å². The summed E-state index contributed by atoms with van der Waals surface area (Å²) in [5.41, 5.74) is 7.51. The van der Waals surface area contributed by atoms with E-state index in [2.05, 4.69) is 10.6 Å². The Morgan fingerprint density at radius 2 is 1.67 bits per heavy atom. The third-order valence-electron chi connectivity index (χ3n) is 2.50. The Bertz CT molecular complexity index is 526. The fourth-order valence-electron chi connectivity index (χ4n) is 1.67. The first-order valence-electron chi connectivity index (χ1n) is 5.70. The first-order chi connectivity index (χ1) is 8.81. The van der Waals surface area contributed by atoms with Crippen LogP contribution in [0.4, 0.5) is 11.4 Å². The summed E-state index contributed by atoms with van der Waals surface area (Å²) >= 11 is 0. The first kappa shape index (κ1) is 12.1. The molecule has 4 nitrogen and oxygen atoms in total. The lowest BCUT2D eigenvalue weighted by Crippen LogP contribution is -2.17. The Morgan fingerprint density at radius 1 is 1.00 bits per heavy atom. The smallest absolute Gasteiger partial charge is 0.257 e. The normalized spacial score (nSPS) is 9.83. The van der Waals surface area contributed by atoms with Gasteiger partial charge in [-0.15, -0.1) is 0 Å². The molecule has 1 amide bonds. The van der Waals surface area contributed by atoms with Crippen LogP contribution in [0.3, 0.4) is 0 Å². The van der Waals surface area contributed by atoms with Crippen LogP contribution in [0.15, 0.2) is 54.6 Å². The Kier molecular flexibility index (Phi) is 3.94. The maximum Gasteiger partial charge on any atom is 0.257 e. The summed E-state index contributed by atoms with van der Waals surface area (Å²) < 4.78 is 0. The van der Waals surface area contributed by atoms with Crippen molar-refractivity contribution in [1.29, 1.82) is 0 Å². The van der Waals surface area contributed by atoms with Gasteiger partial charge in [-0.3, -0.25) is 4.79 Å². The minimum atomic E-state index is -0.155. The molecule has 92 valence electrons. The molecule has 2 aromatic rings. The highest BCUT2D eigenvalue weighted by atomic mass is 16.1. The molecule has 0 spiro atoms. The van der Waals surface area contributed by atoms with Gasteiger partial charge in [-0.1, -0.05) is 30.3 Å². The molecule has 4 N–H and O–H groups in total. The van der Waals surface area contributed by atoms with Gasteiger partial charge in [0.15, 0.2) is 0 Å². The Hall–Kier alpha value is -2.33. The van der Waals surface area contributed by atoms with Crippen molar-refractivity contribution >= 4 is 17.3 Å². The van der Waals surface area contributed by atoms with Crippen LogP contribution >= 0.6 is 0 Å².